The van der Waals surface area contributed by atoms with Crippen molar-refractivity contribution in [3.8, 4) is 11.5 Å². The van der Waals surface area contributed by atoms with Gasteiger partial charge in [0.1, 0.15) is 5.75 Å². The second-order valence-corrected chi connectivity index (χ2v) is 4.56. The second kappa shape index (κ2) is 6.05. The standard InChI is InChI=1S/C15H15F3N2O2/c1-9-11(19)7-10(21-2)8-13(9)20-12-5-3-4-6-14(12)22-15(16,17)18/h3-8,20H,19H2,1-2H3. The summed E-state index contributed by atoms with van der Waals surface area (Å²) in [5.41, 5.74) is 7.74. The van der Waals surface area contributed by atoms with Gasteiger partial charge >= 0.3 is 6.36 Å². The average Bonchev–Trinajstić information content (AvgIpc) is 2.44. The van der Waals surface area contributed by atoms with Crippen LogP contribution in [-0.4, -0.2) is 13.5 Å². The highest BCUT2D eigenvalue weighted by atomic mass is 19.4. The molecule has 0 radical (unpaired) electrons. The van der Waals surface area contributed by atoms with Crippen LogP contribution in [0.15, 0.2) is 36.4 Å². The summed E-state index contributed by atoms with van der Waals surface area (Å²) in [6, 6.07) is 9.06. The number of hydrogen-bond acceptors (Lipinski definition) is 4. The summed E-state index contributed by atoms with van der Waals surface area (Å²) in [5.74, 6) is 0.176. The smallest absolute Gasteiger partial charge is 0.497 e. The average molecular weight is 312 g/mol. The zero-order chi connectivity index (χ0) is 16.3. The maximum absolute atomic E-state index is 12.4. The zero-order valence-corrected chi connectivity index (χ0v) is 12.0. The lowest BCUT2D eigenvalue weighted by Gasteiger charge is -2.17. The van der Waals surface area contributed by atoms with E-state index in [1.807, 2.05) is 0 Å². The number of halogens is 3. The highest BCUT2D eigenvalue weighted by Crippen LogP contribution is 2.35. The van der Waals surface area contributed by atoms with Gasteiger partial charge in [-0.15, -0.1) is 13.2 Å². The van der Waals surface area contributed by atoms with Crippen molar-refractivity contribution in [2.45, 2.75) is 13.3 Å². The van der Waals surface area contributed by atoms with Crippen molar-refractivity contribution in [1.29, 1.82) is 0 Å². The minimum atomic E-state index is -4.76. The largest absolute Gasteiger partial charge is 0.573 e. The van der Waals surface area contributed by atoms with Crippen molar-refractivity contribution in [1.82, 2.24) is 0 Å². The number of rotatable bonds is 4. The van der Waals surface area contributed by atoms with E-state index in [0.29, 0.717) is 22.7 Å². The summed E-state index contributed by atoms with van der Waals surface area (Å²) in [6.07, 6.45) is -4.76. The van der Waals surface area contributed by atoms with E-state index in [4.69, 9.17) is 10.5 Å². The quantitative estimate of drug-likeness (QED) is 0.830. The van der Waals surface area contributed by atoms with Crippen LogP contribution in [0.5, 0.6) is 11.5 Å². The first-order valence-electron chi connectivity index (χ1n) is 6.36. The van der Waals surface area contributed by atoms with E-state index in [1.54, 1.807) is 25.1 Å². The third-order valence-corrected chi connectivity index (χ3v) is 3.04. The van der Waals surface area contributed by atoms with Crippen LogP contribution < -0.4 is 20.5 Å². The Kier molecular flexibility index (Phi) is 4.35. The first kappa shape index (κ1) is 15.8. The Morgan fingerprint density at radius 3 is 2.41 bits per heavy atom. The van der Waals surface area contributed by atoms with Gasteiger partial charge in [0, 0.05) is 23.5 Å². The van der Waals surface area contributed by atoms with Crippen LogP contribution in [0.25, 0.3) is 0 Å². The number of benzene rings is 2. The topological polar surface area (TPSA) is 56.5 Å². The molecule has 2 rings (SSSR count). The van der Waals surface area contributed by atoms with E-state index in [0.717, 1.165) is 0 Å². The number of ether oxygens (including phenoxy) is 2. The van der Waals surface area contributed by atoms with Crippen LogP contribution in [-0.2, 0) is 0 Å². The molecule has 0 spiro atoms. The molecule has 0 atom stereocenters. The maximum atomic E-state index is 12.4. The lowest BCUT2D eigenvalue weighted by molar-refractivity contribution is -0.274. The molecule has 7 heteroatoms. The lowest BCUT2D eigenvalue weighted by Crippen LogP contribution is -2.17. The molecule has 3 N–H and O–H groups in total. The molecule has 0 unspecified atom stereocenters. The summed E-state index contributed by atoms with van der Waals surface area (Å²) in [6.45, 7) is 1.75. The fourth-order valence-corrected chi connectivity index (χ4v) is 1.89. The molecule has 2 aromatic rings. The Morgan fingerprint density at radius 1 is 1.09 bits per heavy atom. The minimum Gasteiger partial charge on any atom is -0.497 e. The van der Waals surface area contributed by atoms with Crippen molar-refractivity contribution < 1.29 is 22.6 Å². The molecule has 2 aromatic carbocycles. The zero-order valence-electron chi connectivity index (χ0n) is 12.0. The Morgan fingerprint density at radius 2 is 1.77 bits per heavy atom. The molecule has 0 fully saturated rings. The first-order valence-corrected chi connectivity index (χ1v) is 6.36. The van der Waals surface area contributed by atoms with E-state index < -0.39 is 6.36 Å². The van der Waals surface area contributed by atoms with Gasteiger partial charge < -0.3 is 20.5 Å². The summed E-state index contributed by atoms with van der Waals surface area (Å²) < 4.78 is 46.4. The van der Waals surface area contributed by atoms with Gasteiger partial charge in [-0.2, -0.15) is 0 Å². The molecule has 0 aliphatic heterocycles. The molecule has 4 nitrogen and oxygen atoms in total. The number of hydrogen-bond donors (Lipinski definition) is 2. The van der Waals surface area contributed by atoms with Crippen LogP contribution in [0.1, 0.15) is 5.56 Å². The Labute approximate surface area is 125 Å². The van der Waals surface area contributed by atoms with Gasteiger partial charge in [-0.25, -0.2) is 0 Å². The summed E-state index contributed by atoms with van der Waals surface area (Å²) in [4.78, 5) is 0. The minimum absolute atomic E-state index is 0.176. The normalized spacial score (nSPS) is 11.1. The molecular formula is C15H15F3N2O2. The molecule has 0 aliphatic carbocycles. The van der Waals surface area contributed by atoms with Crippen molar-refractivity contribution in [3.05, 3.63) is 42.0 Å². The molecule has 0 aliphatic rings. The molecule has 0 heterocycles. The van der Waals surface area contributed by atoms with Crippen molar-refractivity contribution in [2.24, 2.45) is 0 Å². The highest BCUT2D eigenvalue weighted by Gasteiger charge is 2.32. The summed E-state index contributed by atoms with van der Waals surface area (Å²) in [5, 5.41) is 2.89. The number of para-hydroxylation sites is 2. The summed E-state index contributed by atoms with van der Waals surface area (Å²) >= 11 is 0. The van der Waals surface area contributed by atoms with Crippen LogP contribution in [0.3, 0.4) is 0 Å². The van der Waals surface area contributed by atoms with Gasteiger partial charge in [-0.1, -0.05) is 12.1 Å². The Hall–Kier alpha value is -2.57. The monoisotopic (exact) mass is 312 g/mol. The third kappa shape index (κ3) is 3.75. The number of alkyl halides is 3. The third-order valence-electron chi connectivity index (χ3n) is 3.04. The van der Waals surface area contributed by atoms with Crippen molar-refractivity contribution >= 4 is 17.1 Å². The molecule has 0 amide bonds. The number of nitrogen functional groups attached to an aromatic ring is 1. The van der Waals surface area contributed by atoms with Gasteiger partial charge in [-0.3, -0.25) is 0 Å². The van der Waals surface area contributed by atoms with Crippen molar-refractivity contribution in [2.75, 3.05) is 18.2 Å². The predicted octanol–water partition coefficient (Wildman–Crippen LogP) is 4.23. The molecule has 0 bridgehead atoms. The SMILES string of the molecule is COc1cc(N)c(C)c(Nc2ccccc2OC(F)(F)F)c1. The van der Waals surface area contributed by atoms with E-state index in [2.05, 4.69) is 10.1 Å². The number of anilines is 3. The first-order chi connectivity index (χ1) is 10.3. The van der Waals surface area contributed by atoms with Crippen LogP contribution in [0, 0.1) is 6.92 Å². The number of nitrogens with one attached hydrogen (secondary N) is 1. The molecule has 0 saturated carbocycles. The van der Waals surface area contributed by atoms with E-state index >= 15 is 0 Å². The second-order valence-electron chi connectivity index (χ2n) is 4.56. The Balaban J connectivity index is 2.37. The fourth-order valence-electron chi connectivity index (χ4n) is 1.89. The molecule has 0 aromatic heterocycles. The van der Waals surface area contributed by atoms with E-state index in [9.17, 15) is 13.2 Å². The van der Waals surface area contributed by atoms with Crippen LogP contribution >= 0.6 is 0 Å². The summed E-state index contributed by atoms with van der Waals surface area (Å²) in [7, 11) is 1.48. The van der Waals surface area contributed by atoms with Gasteiger partial charge in [0.05, 0.1) is 12.8 Å². The van der Waals surface area contributed by atoms with Gasteiger partial charge in [0.2, 0.25) is 0 Å². The predicted molar refractivity (Wildman–Crippen MR) is 78.6 cm³/mol. The maximum Gasteiger partial charge on any atom is 0.573 e. The van der Waals surface area contributed by atoms with Gasteiger partial charge in [0.15, 0.2) is 5.75 Å². The number of methoxy groups -OCH3 is 1. The van der Waals surface area contributed by atoms with Crippen molar-refractivity contribution in [3.63, 3.8) is 0 Å². The molecular weight excluding hydrogens is 297 g/mol. The number of nitrogens with two attached hydrogens (primary N) is 1. The van der Waals surface area contributed by atoms with Crippen LogP contribution in [0.4, 0.5) is 30.2 Å². The Bertz CT molecular complexity index is 672. The van der Waals surface area contributed by atoms with E-state index in [-0.39, 0.29) is 11.4 Å². The van der Waals surface area contributed by atoms with Gasteiger partial charge in [-0.05, 0) is 24.6 Å². The van der Waals surface area contributed by atoms with E-state index in [1.165, 1.54) is 25.3 Å². The van der Waals surface area contributed by atoms with Gasteiger partial charge in [0.25, 0.3) is 0 Å². The molecule has 118 valence electrons. The highest BCUT2D eigenvalue weighted by molar-refractivity contribution is 5.74. The lowest BCUT2D eigenvalue weighted by atomic mass is 10.1. The fraction of sp³-hybridized carbons (Fsp3) is 0.200. The molecule has 0 saturated heterocycles. The van der Waals surface area contributed by atoms with Crippen LogP contribution in [0.2, 0.25) is 0 Å². The molecule has 22 heavy (non-hydrogen) atoms.